The number of benzene rings is 1. The summed E-state index contributed by atoms with van der Waals surface area (Å²) < 4.78 is 1.91. The molecule has 0 aliphatic carbocycles. The molecule has 1 saturated heterocycles. The van der Waals surface area contributed by atoms with Crippen molar-refractivity contribution in [3.63, 3.8) is 0 Å². The molecule has 0 bridgehead atoms. The highest BCUT2D eigenvalue weighted by atomic mass is 16.2. The van der Waals surface area contributed by atoms with Crippen LogP contribution in [0.5, 0.6) is 0 Å². The van der Waals surface area contributed by atoms with Crippen LogP contribution in [0, 0.1) is 12.8 Å². The molecular weight excluding hydrogens is 300 g/mol. The number of rotatable bonds is 5. The van der Waals surface area contributed by atoms with Crippen molar-refractivity contribution in [1.29, 1.82) is 0 Å². The molecule has 2 aromatic rings. The van der Waals surface area contributed by atoms with Gasteiger partial charge in [0.2, 0.25) is 0 Å². The molecule has 0 unspecified atom stereocenters. The average molecular weight is 326 g/mol. The van der Waals surface area contributed by atoms with E-state index in [1.165, 1.54) is 5.56 Å². The van der Waals surface area contributed by atoms with E-state index < -0.39 is 0 Å². The second-order valence-electron chi connectivity index (χ2n) is 6.58. The minimum absolute atomic E-state index is 0.120. The molecule has 0 saturated carbocycles. The summed E-state index contributed by atoms with van der Waals surface area (Å²) in [5.41, 5.74) is 2.87. The number of carbonyl (C=O) groups excluding carboxylic acids is 1. The van der Waals surface area contributed by atoms with Gasteiger partial charge in [-0.05, 0) is 44.8 Å². The number of nitrogens with zero attached hydrogens (tertiary/aromatic N) is 3. The SMILES string of the molecule is CNCC1CCN(C(=O)c2cnn(Cc3ccccc3)c2C)CC1. The van der Waals surface area contributed by atoms with Crippen molar-refractivity contribution < 1.29 is 4.79 Å². The van der Waals surface area contributed by atoms with E-state index in [1.807, 2.05) is 41.8 Å². The van der Waals surface area contributed by atoms with E-state index in [-0.39, 0.29) is 5.91 Å². The second-order valence-corrected chi connectivity index (χ2v) is 6.58. The first-order valence-corrected chi connectivity index (χ1v) is 8.69. The summed E-state index contributed by atoms with van der Waals surface area (Å²) in [6.07, 6.45) is 3.87. The molecule has 1 amide bonds. The predicted molar refractivity (Wildman–Crippen MR) is 95.1 cm³/mol. The van der Waals surface area contributed by atoms with E-state index in [1.54, 1.807) is 6.20 Å². The predicted octanol–water partition coefficient (Wildman–Crippen LogP) is 2.31. The van der Waals surface area contributed by atoms with Crippen LogP contribution in [0.3, 0.4) is 0 Å². The van der Waals surface area contributed by atoms with Crippen LogP contribution in [0.4, 0.5) is 0 Å². The molecule has 1 aliphatic heterocycles. The number of nitrogens with one attached hydrogen (secondary N) is 1. The van der Waals surface area contributed by atoms with Gasteiger partial charge in [0.15, 0.2) is 0 Å². The van der Waals surface area contributed by atoms with Crippen molar-refractivity contribution in [1.82, 2.24) is 20.0 Å². The van der Waals surface area contributed by atoms with Crippen LogP contribution in [0.2, 0.25) is 0 Å². The Morgan fingerprint density at radius 3 is 2.62 bits per heavy atom. The van der Waals surface area contributed by atoms with E-state index in [0.717, 1.165) is 43.7 Å². The molecule has 5 nitrogen and oxygen atoms in total. The lowest BCUT2D eigenvalue weighted by Crippen LogP contribution is -2.40. The van der Waals surface area contributed by atoms with Crippen LogP contribution in [0.1, 0.15) is 34.5 Å². The normalized spacial score (nSPS) is 15.7. The summed E-state index contributed by atoms with van der Waals surface area (Å²) in [6, 6.07) is 10.2. The third-order valence-electron chi connectivity index (χ3n) is 4.90. The van der Waals surface area contributed by atoms with Gasteiger partial charge in [-0.1, -0.05) is 30.3 Å². The third-order valence-corrected chi connectivity index (χ3v) is 4.90. The Labute approximate surface area is 143 Å². The van der Waals surface area contributed by atoms with Crippen molar-refractivity contribution in [2.45, 2.75) is 26.3 Å². The molecule has 3 rings (SSSR count). The van der Waals surface area contributed by atoms with E-state index >= 15 is 0 Å². The summed E-state index contributed by atoms with van der Waals surface area (Å²) in [4.78, 5) is 14.8. The largest absolute Gasteiger partial charge is 0.339 e. The lowest BCUT2D eigenvalue weighted by molar-refractivity contribution is 0.0690. The molecule has 1 aromatic carbocycles. The monoisotopic (exact) mass is 326 g/mol. The second kappa shape index (κ2) is 7.62. The van der Waals surface area contributed by atoms with Gasteiger partial charge in [-0.3, -0.25) is 9.48 Å². The number of hydrogen-bond acceptors (Lipinski definition) is 3. The van der Waals surface area contributed by atoms with Gasteiger partial charge < -0.3 is 10.2 Å². The molecule has 0 radical (unpaired) electrons. The first-order chi connectivity index (χ1) is 11.7. The van der Waals surface area contributed by atoms with Crippen LogP contribution >= 0.6 is 0 Å². The topological polar surface area (TPSA) is 50.2 Å². The van der Waals surface area contributed by atoms with Crippen molar-refractivity contribution in [2.24, 2.45) is 5.92 Å². The summed E-state index contributed by atoms with van der Waals surface area (Å²) in [6.45, 7) is 5.40. The average Bonchev–Trinajstić information content (AvgIpc) is 2.97. The number of carbonyl (C=O) groups is 1. The van der Waals surface area contributed by atoms with E-state index in [4.69, 9.17) is 0 Å². The van der Waals surface area contributed by atoms with Crippen LogP contribution in [-0.2, 0) is 6.54 Å². The first kappa shape index (κ1) is 16.7. The summed E-state index contributed by atoms with van der Waals surface area (Å²) in [5.74, 6) is 0.802. The smallest absolute Gasteiger partial charge is 0.257 e. The Bertz CT molecular complexity index is 672. The molecule has 24 heavy (non-hydrogen) atoms. The fourth-order valence-electron chi connectivity index (χ4n) is 3.37. The van der Waals surface area contributed by atoms with Gasteiger partial charge in [-0.25, -0.2) is 0 Å². The number of likely N-dealkylation sites (tertiary alicyclic amines) is 1. The zero-order valence-electron chi connectivity index (χ0n) is 14.5. The highest BCUT2D eigenvalue weighted by Gasteiger charge is 2.25. The van der Waals surface area contributed by atoms with E-state index in [0.29, 0.717) is 12.5 Å². The Hall–Kier alpha value is -2.14. The summed E-state index contributed by atoms with van der Waals surface area (Å²) >= 11 is 0. The van der Waals surface area contributed by atoms with E-state index in [2.05, 4.69) is 22.5 Å². The Morgan fingerprint density at radius 1 is 1.25 bits per heavy atom. The molecule has 5 heteroatoms. The zero-order chi connectivity index (χ0) is 16.9. The highest BCUT2D eigenvalue weighted by Crippen LogP contribution is 2.20. The fraction of sp³-hybridized carbons (Fsp3) is 0.474. The first-order valence-electron chi connectivity index (χ1n) is 8.69. The standard InChI is InChI=1S/C19H26N4O/c1-15-18(13-21-23(15)14-17-6-4-3-5-7-17)19(24)22-10-8-16(9-11-22)12-20-2/h3-7,13,16,20H,8-12,14H2,1-2H3. The van der Waals surface area contributed by atoms with Crippen LogP contribution in [0.15, 0.2) is 36.5 Å². The van der Waals surface area contributed by atoms with Gasteiger partial charge in [0, 0.05) is 18.8 Å². The fourth-order valence-corrected chi connectivity index (χ4v) is 3.37. The lowest BCUT2D eigenvalue weighted by atomic mass is 9.96. The van der Waals surface area contributed by atoms with Gasteiger partial charge in [0.25, 0.3) is 5.91 Å². The molecular formula is C19H26N4O. The van der Waals surface area contributed by atoms with Crippen molar-refractivity contribution in [3.8, 4) is 0 Å². The van der Waals surface area contributed by atoms with Crippen LogP contribution in [-0.4, -0.2) is 47.3 Å². The van der Waals surface area contributed by atoms with Gasteiger partial charge in [-0.15, -0.1) is 0 Å². The van der Waals surface area contributed by atoms with Crippen LogP contribution in [0.25, 0.3) is 0 Å². The van der Waals surface area contributed by atoms with Crippen molar-refractivity contribution >= 4 is 5.91 Å². The molecule has 1 fully saturated rings. The third kappa shape index (κ3) is 3.67. The lowest BCUT2D eigenvalue weighted by Gasteiger charge is -2.31. The molecule has 1 aromatic heterocycles. The maximum Gasteiger partial charge on any atom is 0.257 e. The Kier molecular flexibility index (Phi) is 5.30. The zero-order valence-corrected chi connectivity index (χ0v) is 14.5. The minimum atomic E-state index is 0.120. The number of aromatic nitrogens is 2. The molecule has 0 spiro atoms. The molecule has 1 N–H and O–H groups in total. The van der Waals surface area contributed by atoms with Crippen LogP contribution < -0.4 is 5.32 Å². The molecule has 1 aliphatic rings. The van der Waals surface area contributed by atoms with Gasteiger partial charge in [0.05, 0.1) is 18.3 Å². The Morgan fingerprint density at radius 2 is 1.96 bits per heavy atom. The van der Waals surface area contributed by atoms with Gasteiger partial charge >= 0.3 is 0 Å². The Balaban J connectivity index is 1.66. The quantitative estimate of drug-likeness (QED) is 0.917. The van der Waals surface area contributed by atoms with Crippen molar-refractivity contribution in [3.05, 3.63) is 53.3 Å². The number of amides is 1. The van der Waals surface area contributed by atoms with E-state index in [9.17, 15) is 4.79 Å². The van der Waals surface area contributed by atoms with Crippen molar-refractivity contribution in [2.75, 3.05) is 26.7 Å². The summed E-state index contributed by atoms with van der Waals surface area (Å²) in [5, 5.41) is 7.66. The number of hydrogen-bond donors (Lipinski definition) is 1. The maximum absolute atomic E-state index is 12.8. The minimum Gasteiger partial charge on any atom is -0.339 e. The molecule has 2 heterocycles. The van der Waals surface area contributed by atoms with Gasteiger partial charge in [-0.2, -0.15) is 5.10 Å². The van der Waals surface area contributed by atoms with Gasteiger partial charge in [0.1, 0.15) is 0 Å². The molecule has 128 valence electrons. The summed E-state index contributed by atoms with van der Waals surface area (Å²) in [7, 11) is 1.99. The highest BCUT2D eigenvalue weighted by molar-refractivity contribution is 5.95. The maximum atomic E-state index is 12.8. The number of piperidine rings is 1. The molecule has 0 atom stereocenters.